The van der Waals surface area contributed by atoms with Gasteiger partial charge in [-0.1, -0.05) is 43.2 Å². The van der Waals surface area contributed by atoms with Crippen LogP contribution in [0.1, 0.15) is 57.6 Å². The predicted molar refractivity (Wildman–Crippen MR) is 101 cm³/mol. The van der Waals surface area contributed by atoms with Crippen LogP contribution >= 0.6 is 0 Å². The van der Waals surface area contributed by atoms with E-state index < -0.39 is 0 Å². The highest BCUT2D eigenvalue weighted by molar-refractivity contribution is 5.79. The molecule has 5 heteroatoms. The van der Waals surface area contributed by atoms with Crippen molar-refractivity contribution in [2.75, 3.05) is 20.3 Å². The van der Waals surface area contributed by atoms with Gasteiger partial charge in [-0.2, -0.15) is 0 Å². The Kier molecular flexibility index (Phi) is 5.66. The smallest absolute Gasteiger partial charge is 0.249 e. The largest absolute Gasteiger partial charge is 0.375 e. The Morgan fingerprint density at radius 1 is 1.19 bits per heavy atom. The number of carbonyl (C=O) groups is 2. The van der Waals surface area contributed by atoms with Crippen LogP contribution < -0.4 is 0 Å². The summed E-state index contributed by atoms with van der Waals surface area (Å²) in [7, 11) is 1.56. The molecule has 0 aromatic heterocycles. The fourth-order valence-corrected chi connectivity index (χ4v) is 4.93. The van der Waals surface area contributed by atoms with Crippen molar-refractivity contribution in [1.29, 1.82) is 0 Å². The van der Waals surface area contributed by atoms with Gasteiger partial charge in [-0.25, -0.2) is 0 Å². The molecule has 26 heavy (non-hydrogen) atoms. The van der Waals surface area contributed by atoms with E-state index in [1.54, 1.807) is 14.0 Å². The molecule has 0 radical (unpaired) electrons. The van der Waals surface area contributed by atoms with Gasteiger partial charge < -0.3 is 14.5 Å². The van der Waals surface area contributed by atoms with Crippen molar-refractivity contribution in [3.05, 3.63) is 35.9 Å². The van der Waals surface area contributed by atoms with Gasteiger partial charge in [-0.05, 0) is 31.7 Å². The topological polar surface area (TPSA) is 49.9 Å². The summed E-state index contributed by atoms with van der Waals surface area (Å²) in [6.07, 6.45) is 4.91. The zero-order valence-corrected chi connectivity index (χ0v) is 16.1. The second kappa shape index (κ2) is 7.78. The molecular weight excluding hydrogens is 328 g/mol. The Labute approximate surface area is 156 Å². The normalized spacial score (nSPS) is 29.0. The molecule has 2 aliphatic rings. The highest BCUT2D eigenvalue weighted by atomic mass is 16.5. The summed E-state index contributed by atoms with van der Waals surface area (Å²) in [6, 6.07) is 10.3. The van der Waals surface area contributed by atoms with Gasteiger partial charge in [0, 0.05) is 20.6 Å². The van der Waals surface area contributed by atoms with Crippen LogP contribution in [-0.2, 0) is 14.3 Å². The van der Waals surface area contributed by atoms with Crippen LogP contribution in [0.25, 0.3) is 0 Å². The van der Waals surface area contributed by atoms with Gasteiger partial charge in [0.2, 0.25) is 11.8 Å². The third-order valence-corrected chi connectivity index (χ3v) is 6.09. The molecule has 0 aliphatic carbocycles. The molecule has 1 aromatic carbocycles. The van der Waals surface area contributed by atoms with E-state index in [4.69, 9.17) is 4.74 Å². The van der Waals surface area contributed by atoms with E-state index in [1.807, 2.05) is 28.0 Å². The summed E-state index contributed by atoms with van der Waals surface area (Å²) in [5.41, 5.74) is 0.789. The molecule has 0 spiro atoms. The Morgan fingerprint density at radius 2 is 1.92 bits per heavy atom. The summed E-state index contributed by atoms with van der Waals surface area (Å²) >= 11 is 0. The molecule has 142 valence electrons. The second-order valence-corrected chi connectivity index (χ2v) is 7.76. The molecule has 0 bridgehead atoms. The van der Waals surface area contributed by atoms with E-state index >= 15 is 0 Å². The third-order valence-electron chi connectivity index (χ3n) is 6.09. The minimum absolute atomic E-state index is 0.0136. The van der Waals surface area contributed by atoms with Crippen LogP contribution in [0, 0.1) is 0 Å². The number of likely N-dealkylation sites (tertiary alicyclic amines) is 2. The molecule has 0 unspecified atom stereocenters. The summed E-state index contributed by atoms with van der Waals surface area (Å²) < 4.78 is 5.14. The zero-order valence-electron chi connectivity index (χ0n) is 16.1. The van der Waals surface area contributed by atoms with Gasteiger partial charge in [0.25, 0.3) is 0 Å². The van der Waals surface area contributed by atoms with Gasteiger partial charge in [0.1, 0.15) is 6.61 Å². The minimum Gasteiger partial charge on any atom is -0.375 e. The maximum absolute atomic E-state index is 12.8. The number of nitrogens with zero attached hydrogens (tertiary/aromatic N) is 2. The Morgan fingerprint density at radius 3 is 2.58 bits per heavy atom. The Balaban J connectivity index is 2.02. The molecule has 0 N–H and O–H groups in total. The Bertz CT molecular complexity index is 648. The van der Waals surface area contributed by atoms with E-state index in [2.05, 4.69) is 19.1 Å². The number of carbonyl (C=O) groups excluding carboxylic acids is 2. The first-order valence-corrected chi connectivity index (χ1v) is 9.62. The van der Waals surface area contributed by atoms with Gasteiger partial charge in [-0.15, -0.1) is 0 Å². The van der Waals surface area contributed by atoms with Crippen LogP contribution in [0.3, 0.4) is 0 Å². The van der Waals surface area contributed by atoms with Gasteiger partial charge in [-0.3, -0.25) is 9.59 Å². The summed E-state index contributed by atoms with van der Waals surface area (Å²) in [6.45, 7) is 4.65. The van der Waals surface area contributed by atoms with Crippen LogP contribution in [0.15, 0.2) is 30.3 Å². The number of amides is 2. The van der Waals surface area contributed by atoms with Crippen LogP contribution in [0.2, 0.25) is 0 Å². The maximum atomic E-state index is 12.8. The van der Waals surface area contributed by atoms with Crippen molar-refractivity contribution in [3.8, 4) is 0 Å². The maximum Gasteiger partial charge on any atom is 0.249 e. The fraction of sp³-hybridized carbons (Fsp3) is 0.619. The van der Waals surface area contributed by atoms with Crippen molar-refractivity contribution in [3.63, 3.8) is 0 Å². The molecule has 3 atom stereocenters. The van der Waals surface area contributed by atoms with Crippen LogP contribution in [-0.4, -0.2) is 53.5 Å². The van der Waals surface area contributed by atoms with Crippen molar-refractivity contribution in [1.82, 2.24) is 9.80 Å². The van der Waals surface area contributed by atoms with Crippen molar-refractivity contribution < 1.29 is 14.3 Å². The number of hydrogen-bond acceptors (Lipinski definition) is 3. The highest BCUT2D eigenvalue weighted by Gasteiger charge is 2.54. The summed E-state index contributed by atoms with van der Waals surface area (Å²) in [5, 5.41) is 0. The average Bonchev–Trinajstić information content (AvgIpc) is 2.90. The van der Waals surface area contributed by atoms with E-state index in [1.165, 1.54) is 0 Å². The summed E-state index contributed by atoms with van der Waals surface area (Å²) in [4.78, 5) is 29.5. The number of benzene rings is 1. The fourth-order valence-electron chi connectivity index (χ4n) is 4.93. The predicted octanol–water partition coefficient (Wildman–Crippen LogP) is 3.16. The zero-order chi connectivity index (χ0) is 18.7. The molecule has 0 saturated carbocycles. The van der Waals surface area contributed by atoms with Crippen molar-refractivity contribution in [2.45, 2.75) is 63.6 Å². The van der Waals surface area contributed by atoms with E-state index in [0.717, 1.165) is 44.2 Å². The lowest BCUT2D eigenvalue weighted by atomic mass is 9.83. The number of hydrogen-bond donors (Lipinski definition) is 0. The highest BCUT2D eigenvalue weighted by Crippen LogP contribution is 2.48. The van der Waals surface area contributed by atoms with Crippen LogP contribution in [0.5, 0.6) is 0 Å². The molecule has 2 aliphatic heterocycles. The quantitative estimate of drug-likeness (QED) is 0.834. The monoisotopic (exact) mass is 358 g/mol. The molecule has 3 rings (SSSR count). The molecule has 2 heterocycles. The summed E-state index contributed by atoms with van der Waals surface area (Å²) in [5.74, 6) is 0.117. The van der Waals surface area contributed by atoms with E-state index in [0.29, 0.717) is 0 Å². The first-order chi connectivity index (χ1) is 12.5. The van der Waals surface area contributed by atoms with Gasteiger partial charge in [0.15, 0.2) is 0 Å². The molecule has 2 saturated heterocycles. The SMILES string of the molecule is COCC(=O)N1CCCCC[C@@H]2N(C(C)=O)[C@H](c3ccccc3)C[C@@]21C. The lowest BCUT2D eigenvalue weighted by Gasteiger charge is -2.45. The minimum atomic E-state index is -0.359. The molecule has 2 fully saturated rings. The second-order valence-electron chi connectivity index (χ2n) is 7.76. The number of ether oxygens (including phenoxy) is 1. The number of rotatable bonds is 3. The van der Waals surface area contributed by atoms with Crippen molar-refractivity contribution in [2.24, 2.45) is 0 Å². The average molecular weight is 358 g/mol. The van der Waals surface area contributed by atoms with E-state index in [9.17, 15) is 9.59 Å². The lowest BCUT2D eigenvalue weighted by molar-refractivity contribution is -0.145. The molecule has 2 amide bonds. The molecular formula is C21H30N2O3. The standard InChI is InChI=1S/C21H30N2O3/c1-16(24)23-18(17-10-6-4-7-11-17)14-21(2)19(23)12-8-5-9-13-22(21)20(25)15-26-3/h4,6-7,10-11,18-19H,5,8-9,12-15H2,1-3H3/t18-,19-,21-/m0/s1. The number of fused-ring (bicyclic) bond motifs is 1. The Hall–Kier alpha value is -1.88. The number of methoxy groups -OCH3 is 1. The van der Waals surface area contributed by atoms with E-state index in [-0.39, 0.29) is 36.0 Å². The molecule has 1 aromatic rings. The first-order valence-electron chi connectivity index (χ1n) is 9.62. The lowest BCUT2D eigenvalue weighted by Crippen LogP contribution is -2.59. The molecule has 5 nitrogen and oxygen atoms in total. The third kappa shape index (κ3) is 3.37. The first kappa shape index (κ1) is 18.9. The van der Waals surface area contributed by atoms with Crippen molar-refractivity contribution >= 4 is 11.8 Å². The van der Waals surface area contributed by atoms with Crippen LogP contribution in [0.4, 0.5) is 0 Å². The van der Waals surface area contributed by atoms with Gasteiger partial charge in [0.05, 0.1) is 17.6 Å². The van der Waals surface area contributed by atoms with Gasteiger partial charge >= 0.3 is 0 Å².